The molecule has 0 saturated heterocycles. The van der Waals surface area contributed by atoms with Crippen molar-refractivity contribution in [2.75, 3.05) is 32.1 Å². The third kappa shape index (κ3) is 6.18. The minimum atomic E-state index is -0.400. The van der Waals surface area contributed by atoms with Gasteiger partial charge in [0.05, 0.1) is 5.56 Å². The van der Waals surface area contributed by atoms with Crippen molar-refractivity contribution in [3.63, 3.8) is 0 Å². The van der Waals surface area contributed by atoms with Crippen LogP contribution in [0.1, 0.15) is 32.0 Å². The van der Waals surface area contributed by atoms with Crippen molar-refractivity contribution in [2.24, 2.45) is 0 Å². The van der Waals surface area contributed by atoms with Gasteiger partial charge < -0.3 is 20.6 Å². The van der Waals surface area contributed by atoms with Crippen LogP contribution in [0.25, 0.3) is 12.2 Å². The van der Waals surface area contributed by atoms with Crippen LogP contribution in [0.2, 0.25) is 0 Å². The molecule has 0 aliphatic rings. The Balaban J connectivity index is 1.46. The van der Waals surface area contributed by atoms with E-state index in [-0.39, 0.29) is 30.3 Å². The standard InChI is InChI=1S/C25H26N4O3/c1-29(2)20-12-9-18(10-13-20)7-8-19-11-14-22(28-17-19)25(32)27-16-15-26-24(31)21-5-3-4-6-23(21)30/h3-14,17,30H,15-16H2,1-2H3,(H,26,31)(H,27,32)/b8-7+. The van der Waals surface area contributed by atoms with Crippen LogP contribution in [-0.4, -0.2) is 49.1 Å². The summed E-state index contributed by atoms with van der Waals surface area (Å²) >= 11 is 0. The normalized spacial score (nSPS) is 10.7. The maximum atomic E-state index is 12.2. The van der Waals surface area contributed by atoms with Crippen LogP contribution < -0.4 is 15.5 Å². The van der Waals surface area contributed by atoms with Crippen molar-refractivity contribution in [3.05, 3.63) is 89.2 Å². The van der Waals surface area contributed by atoms with E-state index in [9.17, 15) is 14.7 Å². The highest BCUT2D eigenvalue weighted by Gasteiger charge is 2.10. The molecule has 3 N–H and O–H groups in total. The van der Waals surface area contributed by atoms with Crippen molar-refractivity contribution in [2.45, 2.75) is 0 Å². The van der Waals surface area contributed by atoms with Crippen LogP contribution in [-0.2, 0) is 0 Å². The van der Waals surface area contributed by atoms with Gasteiger partial charge in [0.2, 0.25) is 0 Å². The minimum absolute atomic E-state index is 0.0852. The molecule has 32 heavy (non-hydrogen) atoms. The number of nitrogens with zero attached hydrogens (tertiary/aromatic N) is 2. The van der Waals surface area contributed by atoms with Gasteiger partial charge in [0.25, 0.3) is 11.8 Å². The lowest BCUT2D eigenvalue weighted by Gasteiger charge is -2.11. The lowest BCUT2D eigenvalue weighted by Crippen LogP contribution is -2.35. The highest BCUT2D eigenvalue weighted by Crippen LogP contribution is 2.15. The van der Waals surface area contributed by atoms with E-state index in [2.05, 4.69) is 27.8 Å². The van der Waals surface area contributed by atoms with E-state index < -0.39 is 5.91 Å². The number of rotatable bonds is 8. The number of hydrogen-bond donors (Lipinski definition) is 3. The molecule has 7 nitrogen and oxygen atoms in total. The number of benzene rings is 2. The number of hydrogen-bond acceptors (Lipinski definition) is 5. The molecule has 3 aromatic rings. The number of aromatic nitrogens is 1. The molecule has 0 bridgehead atoms. The fourth-order valence-corrected chi connectivity index (χ4v) is 2.92. The second-order valence-corrected chi connectivity index (χ2v) is 7.33. The number of phenols is 1. The first-order valence-electron chi connectivity index (χ1n) is 10.2. The lowest BCUT2D eigenvalue weighted by molar-refractivity contribution is 0.0923. The molecule has 0 fully saturated rings. The molecule has 3 rings (SSSR count). The van der Waals surface area contributed by atoms with Crippen molar-refractivity contribution in [1.82, 2.24) is 15.6 Å². The Kier molecular flexibility index (Phi) is 7.59. The zero-order valence-electron chi connectivity index (χ0n) is 18.1. The van der Waals surface area contributed by atoms with Gasteiger partial charge >= 0.3 is 0 Å². The van der Waals surface area contributed by atoms with Gasteiger partial charge in [-0.15, -0.1) is 0 Å². The van der Waals surface area contributed by atoms with Crippen LogP contribution in [0.3, 0.4) is 0 Å². The first-order valence-corrected chi connectivity index (χ1v) is 10.2. The number of carbonyl (C=O) groups excluding carboxylic acids is 2. The topological polar surface area (TPSA) is 94.6 Å². The second-order valence-electron chi connectivity index (χ2n) is 7.33. The van der Waals surface area contributed by atoms with Crippen LogP contribution in [0, 0.1) is 0 Å². The van der Waals surface area contributed by atoms with Gasteiger partial charge in [-0.05, 0) is 41.5 Å². The maximum absolute atomic E-state index is 12.2. The number of aromatic hydroxyl groups is 1. The van der Waals surface area contributed by atoms with E-state index in [0.29, 0.717) is 5.69 Å². The molecule has 0 spiro atoms. The van der Waals surface area contributed by atoms with Gasteiger partial charge in [0.15, 0.2) is 0 Å². The van der Waals surface area contributed by atoms with E-state index in [4.69, 9.17) is 0 Å². The molecular weight excluding hydrogens is 404 g/mol. The van der Waals surface area contributed by atoms with Gasteiger partial charge in [0, 0.05) is 39.1 Å². The van der Waals surface area contributed by atoms with Gasteiger partial charge in [-0.1, -0.05) is 42.5 Å². The number of nitrogens with one attached hydrogen (secondary N) is 2. The minimum Gasteiger partial charge on any atom is -0.507 e. The molecule has 0 unspecified atom stereocenters. The SMILES string of the molecule is CN(C)c1ccc(/C=C/c2ccc(C(=O)NCCNC(=O)c3ccccc3O)nc2)cc1. The number of amides is 2. The van der Waals surface area contributed by atoms with Crippen LogP contribution in [0.15, 0.2) is 66.9 Å². The van der Waals surface area contributed by atoms with Gasteiger partial charge in [-0.2, -0.15) is 0 Å². The summed E-state index contributed by atoms with van der Waals surface area (Å²) in [5.74, 6) is -0.808. The Hall–Kier alpha value is -4.13. The zero-order chi connectivity index (χ0) is 22.9. The second kappa shape index (κ2) is 10.8. The Morgan fingerprint density at radius 3 is 2.12 bits per heavy atom. The third-order valence-electron chi connectivity index (χ3n) is 4.74. The predicted octanol–water partition coefficient (Wildman–Crippen LogP) is 3.18. The number of carbonyl (C=O) groups is 2. The van der Waals surface area contributed by atoms with E-state index in [0.717, 1.165) is 16.8 Å². The number of para-hydroxylation sites is 1. The zero-order valence-corrected chi connectivity index (χ0v) is 18.1. The number of anilines is 1. The third-order valence-corrected chi connectivity index (χ3v) is 4.74. The Labute approximate surface area is 187 Å². The van der Waals surface area contributed by atoms with Gasteiger partial charge in [-0.3, -0.25) is 14.6 Å². The largest absolute Gasteiger partial charge is 0.507 e. The first kappa shape index (κ1) is 22.6. The van der Waals surface area contributed by atoms with Crippen molar-refractivity contribution in [3.8, 4) is 5.75 Å². The molecule has 1 aromatic heterocycles. The highest BCUT2D eigenvalue weighted by atomic mass is 16.3. The summed E-state index contributed by atoms with van der Waals surface area (Å²) in [5, 5.41) is 15.0. The maximum Gasteiger partial charge on any atom is 0.269 e. The molecule has 0 saturated carbocycles. The van der Waals surface area contributed by atoms with E-state index in [1.807, 2.05) is 49.3 Å². The summed E-state index contributed by atoms with van der Waals surface area (Å²) < 4.78 is 0. The molecule has 0 radical (unpaired) electrons. The van der Waals surface area contributed by atoms with Gasteiger partial charge in [0.1, 0.15) is 11.4 Å². The molecule has 1 heterocycles. The average Bonchev–Trinajstić information content (AvgIpc) is 2.81. The molecule has 0 aliphatic carbocycles. The fraction of sp³-hybridized carbons (Fsp3) is 0.160. The number of phenolic OH excluding ortho intramolecular Hbond substituents is 1. The van der Waals surface area contributed by atoms with E-state index in [1.165, 1.54) is 12.1 Å². The fourth-order valence-electron chi connectivity index (χ4n) is 2.92. The average molecular weight is 431 g/mol. The molecule has 2 amide bonds. The highest BCUT2D eigenvalue weighted by molar-refractivity contribution is 5.96. The quantitative estimate of drug-likeness (QED) is 0.477. The summed E-state index contributed by atoms with van der Waals surface area (Å²) in [6.45, 7) is 0.469. The monoisotopic (exact) mass is 430 g/mol. The summed E-state index contributed by atoms with van der Waals surface area (Å²) in [7, 11) is 4.00. The smallest absolute Gasteiger partial charge is 0.269 e. The summed E-state index contributed by atoms with van der Waals surface area (Å²) in [5.41, 5.74) is 3.58. The summed E-state index contributed by atoms with van der Waals surface area (Å²) in [6, 6.07) is 18.0. The van der Waals surface area contributed by atoms with Crippen molar-refractivity contribution >= 4 is 29.7 Å². The molecule has 0 atom stereocenters. The number of pyridine rings is 1. The molecule has 164 valence electrons. The van der Waals surface area contributed by atoms with Gasteiger partial charge in [-0.25, -0.2) is 0 Å². The Morgan fingerprint density at radius 1 is 0.875 bits per heavy atom. The molecule has 2 aromatic carbocycles. The van der Waals surface area contributed by atoms with E-state index in [1.54, 1.807) is 24.4 Å². The van der Waals surface area contributed by atoms with Crippen molar-refractivity contribution in [1.29, 1.82) is 0 Å². The summed E-state index contributed by atoms with van der Waals surface area (Å²) in [4.78, 5) is 30.5. The molecular formula is C25H26N4O3. The Bertz CT molecular complexity index is 1090. The molecule has 0 aliphatic heterocycles. The predicted molar refractivity (Wildman–Crippen MR) is 127 cm³/mol. The van der Waals surface area contributed by atoms with Crippen LogP contribution in [0.5, 0.6) is 5.75 Å². The Morgan fingerprint density at radius 2 is 1.50 bits per heavy atom. The summed E-state index contributed by atoms with van der Waals surface area (Å²) in [6.07, 6.45) is 5.57. The van der Waals surface area contributed by atoms with E-state index >= 15 is 0 Å². The van der Waals surface area contributed by atoms with Crippen LogP contribution >= 0.6 is 0 Å². The van der Waals surface area contributed by atoms with Crippen LogP contribution in [0.4, 0.5) is 5.69 Å². The molecule has 7 heteroatoms. The van der Waals surface area contributed by atoms with Crippen molar-refractivity contribution < 1.29 is 14.7 Å². The first-order chi connectivity index (χ1) is 15.4. The lowest BCUT2D eigenvalue weighted by atomic mass is 10.1.